The number of fused-ring (bicyclic) bond motifs is 1. The minimum absolute atomic E-state index is 0.0609. The number of hydrogen-bond donors (Lipinski definition) is 1. The number of carbonyl (C=O) groups is 1. The summed E-state index contributed by atoms with van der Waals surface area (Å²) in [6.45, 7) is 2.45. The van der Waals surface area contributed by atoms with Crippen molar-refractivity contribution in [3.8, 4) is 28.6 Å². The molecule has 1 aliphatic carbocycles. The molecular formula is C30H28BrN7O2. The van der Waals surface area contributed by atoms with Crippen LogP contribution in [0.4, 0.5) is 5.82 Å². The molecular weight excluding hydrogens is 570 g/mol. The van der Waals surface area contributed by atoms with Crippen LogP contribution < -0.4 is 10.2 Å². The Balaban J connectivity index is 1.39. The molecule has 1 fully saturated rings. The number of pyridine rings is 1. The van der Waals surface area contributed by atoms with Crippen LogP contribution in [0.1, 0.15) is 51.5 Å². The van der Waals surface area contributed by atoms with Crippen molar-refractivity contribution >= 4 is 27.7 Å². The second-order valence-corrected chi connectivity index (χ2v) is 11.1. The Hall–Kier alpha value is -3.91. The molecule has 202 valence electrons. The molecule has 1 aliphatic heterocycles. The number of halogens is 1. The number of nitriles is 1. The van der Waals surface area contributed by atoms with Gasteiger partial charge in [-0.1, -0.05) is 22.0 Å². The van der Waals surface area contributed by atoms with E-state index in [0.717, 1.165) is 57.4 Å². The molecule has 4 aromatic rings. The number of anilines is 1. The van der Waals surface area contributed by atoms with Gasteiger partial charge in [0, 0.05) is 54.5 Å². The fourth-order valence-corrected chi connectivity index (χ4v) is 5.74. The van der Waals surface area contributed by atoms with Gasteiger partial charge < -0.3 is 14.6 Å². The molecule has 10 heteroatoms. The highest BCUT2D eigenvalue weighted by molar-refractivity contribution is 9.10. The topological polar surface area (TPSA) is 109 Å². The molecule has 2 aliphatic rings. The van der Waals surface area contributed by atoms with E-state index >= 15 is 0 Å². The van der Waals surface area contributed by atoms with Crippen LogP contribution in [0.2, 0.25) is 0 Å². The summed E-state index contributed by atoms with van der Waals surface area (Å²) in [4.78, 5) is 20.5. The van der Waals surface area contributed by atoms with E-state index in [4.69, 9.17) is 9.72 Å². The van der Waals surface area contributed by atoms with Gasteiger partial charge in [0.05, 0.1) is 24.8 Å². The summed E-state index contributed by atoms with van der Waals surface area (Å²) in [5, 5.41) is 21.3. The number of nitrogens with one attached hydrogen (secondary N) is 1. The van der Waals surface area contributed by atoms with Crippen LogP contribution in [0.15, 0.2) is 53.3 Å². The number of aromatic nitrogens is 4. The summed E-state index contributed by atoms with van der Waals surface area (Å²) >= 11 is 3.71. The van der Waals surface area contributed by atoms with Crippen LogP contribution in [0.3, 0.4) is 0 Å². The fourth-order valence-electron chi connectivity index (χ4n) is 5.11. The van der Waals surface area contributed by atoms with Gasteiger partial charge in [-0.25, -0.2) is 4.98 Å². The standard InChI is InChI=1S/C30H28BrN7O2/c1-37-17-34-36-29(37)23-9-18(14-32)3-6-22(23)21-12-27(20-4-5-20)35-28(13-21)38-16-25-24(30(38)39)10-19(11-26(25)31)15-33-7-8-40-2/h3,6,9-13,17,20,33H,4-5,7-8,15-16H2,1-2H3. The minimum Gasteiger partial charge on any atom is -0.383 e. The zero-order valence-corrected chi connectivity index (χ0v) is 23.9. The first-order valence-electron chi connectivity index (χ1n) is 13.2. The lowest BCUT2D eigenvalue weighted by Crippen LogP contribution is -2.24. The number of carbonyl (C=O) groups excluding carboxylic acids is 1. The van der Waals surface area contributed by atoms with Crippen LogP contribution in [-0.2, 0) is 24.9 Å². The number of ether oxygens (including phenoxy) is 1. The summed E-state index contributed by atoms with van der Waals surface area (Å²) in [5.74, 6) is 1.61. The van der Waals surface area contributed by atoms with Crippen molar-refractivity contribution in [2.75, 3.05) is 25.2 Å². The maximum absolute atomic E-state index is 13.8. The molecule has 2 aromatic heterocycles. The summed E-state index contributed by atoms with van der Waals surface area (Å²) < 4.78 is 7.87. The number of benzene rings is 2. The smallest absolute Gasteiger partial charge is 0.260 e. The van der Waals surface area contributed by atoms with Gasteiger partial charge in [0.25, 0.3) is 5.91 Å². The summed E-state index contributed by atoms with van der Waals surface area (Å²) in [5.41, 5.74) is 6.86. The van der Waals surface area contributed by atoms with Gasteiger partial charge in [0.2, 0.25) is 0 Å². The Labute approximate surface area is 240 Å². The van der Waals surface area contributed by atoms with Crippen molar-refractivity contribution in [3.63, 3.8) is 0 Å². The van der Waals surface area contributed by atoms with Crippen molar-refractivity contribution in [2.45, 2.75) is 31.8 Å². The zero-order valence-electron chi connectivity index (χ0n) is 22.3. The molecule has 1 saturated carbocycles. The van der Waals surface area contributed by atoms with Crippen molar-refractivity contribution < 1.29 is 9.53 Å². The third kappa shape index (κ3) is 5.04. The van der Waals surface area contributed by atoms with Gasteiger partial charge in [0.15, 0.2) is 5.82 Å². The van der Waals surface area contributed by atoms with Gasteiger partial charge in [-0.2, -0.15) is 5.26 Å². The Morgan fingerprint density at radius 1 is 1.15 bits per heavy atom. The zero-order chi connectivity index (χ0) is 27.8. The molecule has 1 amide bonds. The number of rotatable bonds is 9. The lowest BCUT2D eigenvalue weighted by atomic mass is 9.96. The SMILES string of the molecule is COCCNCc1cc(Br)c2c(c1)C(=O)N(c1cc(-c3ccc(C#N)cc3-c3nncn3C)cc(C3CC3)n1)C2. The van der Waals surface area contributed by atoms with Crippen molar-refractivity contribution in [3.05, 3.63) is 81.2 Å². The van der Waals surface area contributed by atoms with E-state index in [9.17, 15) is 10.1 Å². The lowest BCUT2D eigenvalue weighted by Gasteiger charge is -2.18. The predicted molar refractivity (Wildman–Crippen MR) is 155 cm³/mol. The first-order chi connectivity index (χ1) is 19.5. The highest BCUT2D eigenvalue weighted by atomic mass is 79.9. The van der Waals surface area contributed by atoms with E-state index in [0.29, 0.717) is 48.4 Å². The normalized spacial score (nSPS) is 14.4. The van der Waals surface area contributed by atoms with Crippen LogP contribution in [0, 0.1) is 11.3 Å². The molecule has 0 unspecified atom stereocenters. The highest BCUT2D eigenvalue weighted by Crippen LogP contribution is 2.43. The van der Waals surface area contributed by atoms with Gasteiger partial charge in [0.1, 0.15) is 12.1 Å². The second-order valence-electron chi connectivity index (χ2n) is 10.2. The molecule has 0 spiro atoms. The van der Waals surface area contributed by atoms with Crippen molar-refractivity contribution in [2.24, 2.45) is 7.05 Å². The molecule has 6 rings (SSSR count). The largest absolute Gasteiger partial charge is 0.383 e. The first-order valence-corrected chi connectivity index (χ1v) is 14.0. The first kappa shape index (κ1) is 26.3. The van der Waals surface area contributed by atoms with E-state index < -0.39 is 0 Å². The number of nitrogens with zero attached hydrogens (tertiary/aromatic N) is 6. The molecule has 0 atom stereocenters. The molecule has 3 heterocycles. The van der Waals surface area contributed by atoms with Gasteiger partial charge in [-0.3, -0.25) is 9.69 Å². The summed E-state index contributed by atoms with van der Waals surface area (Å²) in [6.07, 6.45) is 3.81. The Bertz CT molecular complexity index is 1650. The highest BCUT2D eigenvalue weighted by Gasteiger charge is 2.33. The van der Waals surface area contributed by atoms with Gasteiger partial charge in [-0.15, -0.1) is 10.2 Å². The van der Waals surface area contributed by atoms with E-state index in [1.54, 1.807) is 18.3 Å². The molecule has 9 nitrogen and oxygen atoms in total. The number of hydrogen-bond acceptors (Lipinski definition) is 7. The molecule has 0 bridgehead atoms. The van der Waals surface area contributed by atoms with Crippen LogP contribution in [0.25, 0.3) is 22.5 Å². The van der Waals surface area contributed by atoms with Gasteiger partial charge >= 0.3 is 0 Å². The molecule has 40 heavy (non-hydrogen) atoms. The van der Waals surface area contributed by atoms with Crippen molar-refractivity contribution in [1.29, 1.82) is 5.26 Å². The molecule has 0 radical (unpaired) electrons. The summed E-state index contributed by atoms with van der Waals surface area (Å²) in [6, 6.07) is 15.9. The number of aryl methyl sites for hydroxylation is 1. The van der Waals surface area contributed by atoms with Crippen LogP contribution >= 0.6 is 15.9 Å². The van der Waals surface area contributed by atoms with Crippen molar-refractivity contribution in [1.82, 2.24) is 25.1 Å². The molecule has 1 N–H and O–H groups in total. The molecule has 0 saturated heterocycles. The Morgan fingerprint density at radius 2 is 2.00 bits per heavy atom. The fraction of sp³-hybridized carbons (Fsp3) is 0.300. The average Bonchev–Trinajstić information content (AvgIpc) is 3.65. The minimum atomic E-state index is -0.0609. The molecule has 2 aromatic carbocycles. The van der Waals surface area contributed by atoms with Crippen LogP contribution in [0.5, 0.6) is 0 Å². The lowest BCUT2D eigenvalue weighted by molar-refractivity contribution is 0.0996. The quantitative estimate of drug-likeness (QED) is 0.272. The van der Waals surface area contributed by atoms with Crippen LogP contribution in [-0.4, -0.2) is 45.9 Å². The van der Waals surface area contributed by atoms with E-state index in [-0.39, 0.29) is 5.91 Å². The monoisotopic (exact) mass is 597 g/mol. The third-order valence-corrected chi connectivity index (χ3v) is 8.08. The average molecular weight is 599 g/mol. The third-order valence-electron chi connectivity index (χ3n) is 7.37. The van der Waals surface area contributed by atoms with Gasteiger partial charge in [-0.05, 0) is 71.5 Å². The maximum Gasteiger partial charge on any atom is 0.260 e. The second kappa shape index (κ2) is 10.9. The predicted octanol–water partition coefficient (Wildman–Crippen LogP) is 4.95. The van der Waals surface area contributed by atoms with E-state index in [1.807, 2.05) is 41.9 Å². The Morgan fingerprint density at radius 3 is 2.73 bits per heavy atom. The summed E-state index contributed by atoms with van der Waals surface area (Å²) in [7, 11) is 3.56. The number of amides is 1. The number of methoxy groups -OCH3 is 1. The maximum atomic E-state index is 13.8. The van der Waals surface area contributed by atoms with E-state index in [2.05, 4.69) is 49.6 Å². The van der Waals surface area contributed by atoms with E-state index in [1.165, 1.54) is 0 Å². The Kier molecular flexibility index (Phi) is 7.19.